The van der Waals surface area contributed by atoms with E-state index in [1.807, 2.05) is 19.1 Å². The summed E-state index contributed by atoms with van der Waals surface area (Å²) in [6.07, 6.45) is 1.95. The number of nitrogens with one attached hydrogen (secondary N) is 2. The molecule has 9 nitrogen and oxygen atoms in total. The van der Waals surface area contributed by atoms with Crippen molar-refractivity contribution >= 4 is 28.4 Å². The summed E-state index contributed by atoms with van der Waals surface area (Å²) >= 11 is 0. The number of hydrogen-bond acceptors (Lipinski definition) is 5. The van der Waals surface area contributed by atoms with Crippen LogP contribution in [-0.4, -0.2) is 25.0 Å². The minimum Gasteiger partial charge on any atom is -0.399 e. The van der Waals surface area contributed by atoms with Crippen molar-refractivity contribution in [1.82, 2.24) is 19.1 Å². The number of hydrogen-bond donors (Lipinski definition) is 3. The Balaban J connectivity index is 1.76. The minimum atomic E-state index is -0.570. The van der Waals surface area contributed by atoms with Crippen LogP contribution in [0.4, 0.5) is 15.8 Å². The molecule has 0 spiro atoms. The molecule has 2 heterocycles. The fourth-order valence-electron chi connectivity index (χ4n) is 3.94. The maximum Gasteiger partial charge on any atom is 0.333 e. The van der Waals surface area contributed by atoms with Crippen LogP contribution in [0, 0.1) is 5.82 Å². The van der Waals surface area contributed by atoms with E-state index in [1.165, 1.54) is 29.7 Å². The van der Waals surface area contributed by atoms with E-state index >= 15 is 0 Å². The Morgan fingerprint density at radius 3 is 2.57 bits per heavy atom. The molecular weight excluding hydrogens is 451 g/mol. The first-order chi connectivity index (χ1) is 16.8. The smallest absolute Gasteiger partial charge is 0.333 e. The number of rotatable bonds is 8. The quantitative estimate of drug-likeness (QED) is 0.336. The van der Waals surface area contributed by atoms with Gasteiger partial charge in [0.2, 0.25) is 5.91 Å². The molecule has 0 fully saturated rings. The number of H-pyrrole nitrogens is 1. The van der Waals surface area contributed by atoms with Crippen LogP contribution in [-0.2, 0) is 24.3 Å². The number of imidazole rings is 1. The molecule has 1 amide bonds. The molecular formula is C25H27FN6O3. The Hall–Kier alpha value is -4.21. The number of unbranched alkanes of at least 4 members (excludes halogenated alkanes) is 1. The second-order valence-electron chi connectivity index (χ2n) is 8.47. The fraction of sp³-hybridized carbons (Fsp3) is 0.280. The summed E-state index contributed by atoms with van der Waals surface area (Å²) in [6, 6.07) is 11.3. The number of aromatic nitrogens is 4. The van der Waals surface area contributed by atoms with Crippen molar-refractivity contribution in [3.63, 3.8) is 0 Å². The first-order valence-electron chi connectivity index (χ1n) is 11.4. The Bertz CT molecular complexity index is 1500. The lowest BCUT2D eigenvalue weighted by Crippen LogP contribution is -2.40. The van der Waals surface area contributed by atoms with E-state index in [0.717, 1.165) is 16.6 Å². The van der Waals surface area contributed by atoms with Crippen molar-refractivity contribution in [2.24, 2.45) is 0 Å². The van der Waals surface area contributed by atoms with E-state index in [0.29, 0.717) is 36.6 Å². The lowest BCUT2D eigenvalue weighted by molar-refractivity contribution is -0.114. The predicted octanol–water partition coefficient (Wildman–Crippen LogP) is 3.01. The van der Waals surface area contributed by atoms with E-state index in [2.05, 4.69) is 15.3 Å². The fourth-order valence-corrected chi connectivity index (χ4v) is 3.94. The number of nitrogen functional groups attached to an aromatic ring is 1. The van der Waals surface area contributed by atoms with Gasteiger partial charge in [-0.25, -0.2) is 14.2 Å². The summed E-state index contributed by atoms with van der Waals surface area (Å²) in [4.78, 5) is 45.4. The number of halogens is 1. The van der Waals surface area contributed by atoms with Crippen LogP contribution in [0.2, 0.25) is 0 Å². The van der Waals surface area contributed by atoms with E-state index in [9.17, 15) is 18.8 Å². The normalized spacial score (nSPS) is 11.2. The number of fused-ring (bicyclic) bond motifs is 1. The highest BCUT2D eigenvalue weighted by molar-refractivity contribution is 5.88. The molecule has 0 saturated carbocycles. The zero-order valence-corrected chi connectivity index (χ0v) is 19.6. The molecule has 4 aromatic rings. The summed E-state index contributed by atoms with van der Waals surface area (Å²) < 4.78 is 16.8. The zero-order chi connectivity index (χ0) is 25.1. The molecule has 0 radical (unpaired) electrons. The monoisotopic (exact) mass is 478 g/mol. The Kier molecular flexibility index (Phi) is 6.81. The maximum absolute atomic E-state index is 14.4. The molecule has 2 aromatic carbocycles. The number of aromatic amines is 1. The molecule has 35 heavy (non-hydrogen) atoms. The standard InChI is InChI=1S/C25H27FN6O3/c1-3-4-11-31-23-22(24(34)32(25(31)35)14-17-13-18(27)7-10-20(17)26)29-21(30-23)12-16-5-8-19(9-6-16)28-15(2)33/h5-10,13H,3-4,11-12,14,27H2,1-2H3,(H,28,33)(H,29,30). The van der Waals surface area contributed by atoms with E-state index in [1.54, 1.807) is 12.1 Å². The number of benzene rings is 2. The van der Waals surface area contributed by atoms with Gasteiger partial charge in [0.25, 0.3) is 5.56 Å². The SMILES string of the molecule is CCCCn1c(=O)n(Cc2cc(N)ccc2F)c(=O)c2[nH]c(Cc3ccc(NC(C)=O)cc3)nc21. The van der Waals surface area contributed by atoms with Crippen molar-refractivity contribution < 1.29 is 9.18 Å². The third-order valence-corrected chi connectivity index (χ3v) is 5.69. The van der Waals surface area contributed by atoms with Gasteiger partial charge in [0.05, 0.1) is 6.54 Å². The van der Waals surface area contributed by atoms with Gasteiger partial charge in [0, 0.05) is 36.8 Å². The van der Waals surface area contributed by atoms with Gasteiger partial charge in [-0.05, 0) is 42.3 Å². The first kappa shape index (κ1) is 23.9. The number of anilines is 2. The van der Waals surface area contributed by atoms with Crippen LogP contribution < -0.4 is 22.3 Å². The van der Waals surface area contributed by atoms with Crippen LogP contribution in [0.5, 0.6) is 0 Å². The van der Waals surface area contributed by atoms with E-state index in [-0.39, 0.29) is 29.2 Å². The number of carbonyl (C=O) groups excluding carboxylic acids is 1. The number of carbonyl (C=O) groups is 1. The third-order valence-electron chi connectivity index (χ3n) is 5.69. The van der Waals surface area contributed by atoms with Crippen LogP contribution >= 0.6 is 0 Å². The predicted molar refractivity (Wildman–Crippen MR) is 133 cm³/mol. The van der Waals surface area contributed by atoms with Crippen molar-refractivity contribution in [3.05, 3.63) is 86.1 Å². The van der Waals surface area contributed by atoms with Gasteiger partial charge in [-0.1, -0.05) is 25.5 Å². The van der Waals surface area contributed by atoms with Crippen molar-refractivity contribution in [3.8, 4) is 0 Å². The molecule has 0 unspecified atom stereocenters. The topological polar surface area (TPSA) is 128 Å². The van der Waals surface area contributed by atoms with Gasteiger partial charge in [0.1, 0.15) is 17.2 Å². The summed E-state index contributed by atoms with van der Waals surface area (Å²) in [7, 11) is 0. The molecule has 4 rings (SSSR count). The third kappa shape index (κ3) is 5.16. The Morgan fingerprint density at radius 2 is 1.89 bits per heavy atom. The molecule has 10 heteroatoms. The van der Waals surface area contributed by atoms with Gasteiger partial charge in [-0.3, -0.25) is 18.7 Å². The molecule has 0 saturated heterocycles. The second kappa shape index (κ2) is 9.96. The van der Waals surface area contributed by atoms with E-state index < -0.39 is 17.1 Å². The highest BCUT2D eigenvalue weighted by atomic mass is 19.1. The molecule has 2 aromatic heterocycles. The molecule has 0 aliphatic carbocycles. The van der Waals surface area contributed by atoms with Gasteiger partial charge >= 0.3 is 5.69 Å². The lowest BCUT2D eigenvalue weighted by Gasteiger charge is -2.12. The molecule has 0 bridgehead atoms. The molecule has 182 valence electrons. The Labute approximate surface area is 200 Å². The van der Waals surface area contributed by atoms with Crippen molar-refractivity contribution in [1.29, 1.82) is 0 Å². The summed E-state index contributed by atoms with van der Waals surface area (Å²) in [5.41, 5.74) is 7.21. The largest absolute Gasteiger partial charge is 0.399 e. The summed E-state index contributed by atoms with van der Waals surface area (Å²) in [6.45, 7) is 3.58. The zero-order valence-electron chi connectivity index (χ0n) is 19.6. The van der Waals surface area contributed by atoms with Gasteiger partial charge in [-0.15, -0.1) is 0 Å². The lowest BCUT2D eigenvalue weighted by atomic mass is 10.1. The van der Waals surface area contributed by atoms with Gasteiger partial charge in [0.15, 0.2) is 5.65 Å². The highest BCUT2D eigenvalue weighted by Gasteiger charge is 2.18. The molecule has 0 aliphatic rings. The van der Waals surface area contributed by atoms with Crippen LogP contribution in [0.1, 0.15) is 43.6 Å². The van der Waals surface area contributed by atoms with Crippen molar-refractivity contribution in [2.45, 2.75) is 46.2 Å². The Morgan fingerprint density at radius 1 is 1.14 bits per heavy atom. The van der Waals surface area contributed by atoms with Crippen LogP contribution in [0.15, 0.2) is 52.1 Å². The average molecular weight is 479 g/mol. The molecule has 4 N–H and O–H groups in total. The highest BCUT2D eigenvalue weighted by Crippen LogP contribution is 2.16. The summed E-state index contributed by atoms with van der Waals surface area (Å²) in [5, 5.41) is 2.71. The maximum atomic E-state index is 14.4. The minimum absolute atomic E-state index is 0.157. The number of amides is 1. The summed E-state index contributed by atoms with van der Waals surface area (Å²) in [5.74, 6) is -0.185. The van der Waals surface area contributed by atoms with Crippen molar-refractivity contribution in [2.75, 3.05) is 11.1 Å². The average Bonchev–Trinajstić information content (AvgIpc) is 3.23. The number of nitrogens with two attached hydrogens (primary N) is 1. The first-order valence-corrected chi connectivity index (χ1v) is 11.4. The van der Waals surface area contributed by atoms with Crippen LogP contribution in [0.3, 0.4) is 0 Å². The van der Waals surface area contributed by atoms with Gasteiger partial charge < -0.3 is 16.0 Å². The van der Waals surface area contributed by atoms with Gasteiger partial charge in [-0.2, -0.15) is 0 Å². The molecule has 0 aliphatic heterocycles. The van der Waals surface area contributed by atoms with E-state index in [4.69, 9.17) is 5.73 Å². The number of aryl methyl sites for hydroxylation is 1. The number of nitrogens with zero attached hydrogens (tertiary/aromatic N) is 3. The van der Waals surface area contributed by atoms with Crippen LogP contribution in [0.25, 0.3) is 11.2 Å². The second-order valence-corrected chi connectivity index (χ2v) is 8.47. The molecule has 0 atom stereocenters.